The van der Waals surface area contributed by atoms with Crippen molar-refractivity contribution in [2.45, 2.75) is 26.3 Å². The molecule has 0 aliphatic heterocycles. The highest BCUT2D eigenvalue weighted by Gasteiger charge is 2.21. The van der Waals surface area contributed by atoms with E-state index in [1.54, 1.807) is 12.1 Å². The highest BCUT2D eigenvalue weighted by molar-refractivity contribution is 5.97. The lowest BCUT2D eigenvalue weighted by Gasteiger charge is -2.14. The largest absolute Gasteiger partial charge is 0.467 e. The monoisotopic (exact) mass is 259 g/mol. The van der Waals surface area contributed by atoms with Gasteiger partial charge >= 0.3 is 5.97 Å². The highest BCUT2D eigenvalue weighted by Crippen LogP contribution is 2.09. The third-order valence-corrected chi connectivity index (χ3v) is 2.60. The molecule has 0 saturated carbocycles. The number of esters is 1. The minimum absolute atomic E-state index is 0.100. The average Bonchev–Trinajstić information content (AvgIpc) is 2.36. The van der Waals surface area contributed by atoms with Crippen LogP contribution in [-0.2, 0) is 9.53 Å². The van der Waals surface area contributed by atoms with Crippen LogP contribution in [0.2, 0.25) is 0 Å². The van der Waals surface area contributed by atoms with E-state index in [0.29, 0.717) is 5.56 Å². The summed E-state index contributed by atoms with van der Waals surface area (Å²) >= 11 is 0. The lowest BCUT2D eigenvalue weighted by Crippen LogP contribution is -2.41. The van der Waals surface area contributed by atoms with E-state index in [1.807, 2.05) is 19.9 Å². The molecule has 4 nitrogen and oxygen atoms in total. The number of rotatable bonds is 4. The standard InChI is InChI=1S/C15H17NO3/c1-5-6-13(15(18)19-4)16-14(17)12-8-10(2)7-11(3)9-12/h1,7-9,13H,6H2,2-4H3,(H,16,17)/t13-/m1/s1. The lowest BCUT2D eigenvalue weighted by molar-refractivity contribution is -0.142. The van der Waals surface area contributed by atoms with Crippen molar-refractivity contribution in [3.05, 3.63) is 34.9 Å². The van der Waals surface area contributed by atoms with Crippen LogP contribution < -0.4 is 5.32 Å². The summed E-state index contributed by atoms with van der Waals surface area (Å²) in [5, 5.41) is 2.58. The van der Waals surface area contributed by atoms with Crippen LogP contribution >= 0.6 is 0 Å². The van der Waals surface area contributed by atoms with E-state index >= 15 is 0 Å². The minimum Gasteiger partial charge on any atom is -0.467 e. The zero-order chi connectivity index (χ0) is 14.4. The molecule has 0 spiro atoms. The van der Waals surface area contributed by atoms with Gasteiger partial charge in [0.05, 0.1) is 7.11 Å². The maximum Gasteiger partial charge on any atom is 0.329 e. The van der Waals surface area contributed by atoms with Crippen molar-refractivity contribution in [1.82, 2.24) is 5.32 Å². The third-order valence-electron chi connectivity index (χ3n) is 2.60. The Labute approximate surface area is 113 Å². The molecule has 0 saturated heterocycles. The molecule has 100 valence electrons. The number of aryl methyl sites for hydroxylation is 2. The van der Waals surface area contributed by atoms with Crippen LogP contribution in [0.1, 0.15) is 27.9 Å². The molecule has 0 fully saturated rings. The second kappa shape index (κ2) is 6.60. The van der Waals surface area contributed by atoms with Gasteiger partial charge in [-0.15, -0.1) is 12.3 Å². The number of carbonyl (C=O) groups excluding carboxylic acids is 2. The Morgan fingerprint density at radius 2 is 1.89 bits per heavy atom. The van der Waals surface area contributed by atoms with Crippen molar-refractivity contribution in [2.24, 2.45) is 0 Å². The van der Waals surface area contributed by atoms with Crippen LogP contribution in [0.3, 0.4) is 0 Å². The van der Waals surface area contributed by atoms with Crippen LogP contribution in [0, 0.1) is 26.2 Å². The van der Waals surface area contributed by atoms with Crippen molar-refractivity contribution in [2.75, 3.05) is 7.11 Å². The Balaban J connectivity index is 2.87. The smallest absolute Gasteiger partial charge is 0.329 e. The molecule has 0 aliphatic rings. The maximum atomic E-state index is 12.1. The van der Waals surface area contributed by atoms with Crippen molar-refractivity contribution in [3.8, 4) is 12.3 Å². The van der Waals surface area contributed by atoms with Gasteiger partial charge < -0.3 is 10.1 Å². The minimum atomic E-state index is -0.816. The summed E-state index contributed by atoms with van der Waals surface area (Å²) in [6.07, 6.45) is 5.28. The van der Waals surface area contributed by atoms with Gasteiger partial charge in [-0.3, -0.25) is 4.79 Å². The summed E-state index contributed by atoms with van der Waals surface area (Å²) in [5.41, 5.74) is 2.47. The number of hydrogen-bond acceptors (Lipinski definition) is 3. The molecule has 0 unspecified atom stereocenters. The Kier molecular flexibility index (Phi) is 5.13. The van der Waals surface area contributed by atoms with Crippen LogP contribution in [0.5, 0.6) is 0 Å². The molecule has 1 rings (SSSR count). The molecule has 0 aliphatic carbocycles. The van der Waals surface area contributed by atoms with E-state index in [1.165, 1.54) is 7.11 Å². The molecule has 0 aromatic heterocycles. The molecule has 0 heterocycles. The first kappa shape index (κ1) is 14.8. The van der Waals surface area contributed by atoms with E-state index in [4.69, 9.17) is 6.42 Å². The van der Waals surface area contributed by atoms with Gasteiger partial charge in [-0.2, -0.15) is 0 Å². The molecule has 1 atom stereocenters. The number of carbonyl (C=O) groups is 2. The SMILES string of the molecule is C#CC[C@@H](NC(=O)c1cc(C)cc(C)c1)C(=O)OC. The van der Waals surface area contributed by atoms with Crippen molar-refractivity contribution < 1.29 is 14.3 Å². The summed E-state index contributed by atoms with van der Waals surface area (Å²) in [7, 11) is 1.26. The van der Waals surface area contributed by atoms with Gasteiger partial charge in [0.15, 0.2) is 0 Å². The molecular formula is C15H17NO3. The molecular weight excluding hydrogens is 242 g/mol. The average molecular weight is 259 g/mol. The van der Waals surface area contributed by atoms with Crippen LogP contribution in [-0.4, -0.2) is 25.0 Å². The van der Waals surface area contributed by atoms with E-state index < -0.39 is 12.0 Å². The van der Waals surface area contributed by atoms with Gasteiger partial charge in [-0.05, 0) is 26.0 Å². The maximum absolute atomic E-state index is 12.1. The van der Waals surface area contributed by atoms with Gasteiger partial charge in [-0.1, -0.05) is 17.2 Å². The first-order valence-electron chi connectivity index (χ1n) is 5.88. The number of amides is 1. The fourth-order valence-electron chi connectivity index (χ4n) is 1.80. The molecule has 1 aromatic carbocycles. The van der Waals surface area contributed by atoms with E-state index in [9.17, 15) is 9.59 Å². The van der Waals surface area contributed by atoms with Crippen molar-refractivity contribution >= 4 is 11.9 Å². The number of ether oxygens (including phenoxy) is 1. The van der Waals surface area contributed by atoms with Gasteiger partial charge in [0, 0.05) is 12.0 Å². The van der Waals surface area contributed by atoms with Crippen molar-refractivity contribution in [3.63, 3.8) is 0 Å². The van der Waals surface area contributed by atoms with E-state index in [2.05, 4.69) is 16.0 Å². The summed E-state index contributed by atoms with van der Waals surface area (Å²) < 4.78 is 4.60. The number of benzene rings is 1. The molecule has 0 radical (unpaired) electrons. The topological polar surface area (TPSA) is 55.4 Å². The molecule has 1 amide bonds. The van der Waals surface area contributed by atoms with Gasteiger partial charge in [0.1, 0.15) is 6.04 Å². The summed E-state index contributed by atoms with van der Waals surface area (Å²) in [4.78, 5) is 23.5. The Hall–Kier alpha value is -2.28. The molecule has 0 bridgehead atoms. The van der Waals surface area contributed by atoms with E-state index in [0.717, 1.165) is 11.1 Å². The molecule has 19 heavy (non-hydrogen) atoms. The first-order chi connectivity index (χ1) is 8.97. The first-order valence-corrected chi connectivity index (χ1v) is 5.88. The summed E-state index contributed by atoms with van der Waals surface area (Å²) in [5.74, 6) is 1.47. The number of nitrogens with one attached hydrogen (secondary N) is 1. The summed E-state index contributed by atoms with van der Waals surface area (Å²) in [6, 6.07) is 4.66. The highest BCUT2D eigenvalue weighted by atomic mass is 16.5. The Bertz CT molecular complexity index is 508. The van der Waals surface area contributed by atoms with E-state index in [-0.39, 0.29) is 12.3 Å². The second-order valence-electron chi connectivity index (χ2n) is 4.33. The lowest BCUT2D eigenvalue weighted by atomic mass is 10.1. The second-order valence-corrected chi connectivity index (χ2v) is 4.33. The molecule has 4 heteroatoms. The fraction of sp³-hybridized carbons (Fsp3) is 0.333. The summed E-state index contributed by atoms with van der Waals surface area (Å²) in [6.45, 7) is 3.81. The number of methoxy groups -OCH3 is 1. The zero-order valence-electron chi connectivity index (χ0n) is 11.3. The molecule has 1 aromatic rings. The fourth-order valence-corrected chi connectivity index (χ4v) is 1.80. The predicted molar refractivity (Wildman–Crippen MR) is 72.6 cm³/mol. The van der Waals surface area contributed by atoms with Crippen LogP contribution in [0.4, 0.5) is 0 Å². The normalized spacial score (nSPS) is 11.3. The molecule has 1 N–H and O–H groups in total. The predicted octanol–water partition coefficient (Wildman–Crippen LogP) is 1.60. The van der Waals surface area contributed by atoms with Crippen LogP contribution in [0.15, 0.2) is 18.2 Å². The Morgan fingerprint density at radius 1 is 1.32 bits per heavy atom. The Morgan fingerprint density at radius 3 is 2.37 bits per heavy atom. The van der Waals surface area contributed by atoms with Gasteiger partial charge in [0.2, 0.25) is 0 Å². The number of hydrogen-bond donors (Lipinski definition) is 1. The quantitative estimate of drug-likeness (QED) is 0.660. The van der Waals surface area contributed by atoms with Crippen LogP contribution in [0.25, 0.3) is 0 Å². The number of terminal acetylenes is 1. The van der Waals surface area contributed by atoms with Gasteiger partial charge in [0.25, 0.3) is 5.91 Å². The van der Waals surface area contributed by atoms with Gasteiger partial charge in [-0.25, -0.2) is 4.79 Å². The van der Waals surface area contributed by atoms with Crippen molar-refractivity contribution in [1.29, 1.82) is 0 Å². The zero-order valence-corrected chi connectivity index (χ0v) is 11.3. The third kappa shape index (κ3) is 4.14.